The van der Waals surface area contributed by atoms with E-state index in [-0.39, 0.29) is 5.91 Å². The van der Waals surface area contributed by atoms with Gasteiger partial charge in [0.25, 0.3) is 0 Å². The first-order chi connectivity index (χ1) is 16.9. The third-order valence-electron chi connectivity index (χ3n) is 5.42. The van der Waals surface area contributed by atoms with E-state index < -0.39 is 0 Å². The zero-order valence-corrected chi connectivity index (χ0v) is 20.4. The number of carbonyl (C=O) groups excluding carboxylic acids is 1. The lowest BCUT2D eigenvalue weighted by molar-refractivity contribution is -0.111. The molecule has 0 spiro atoms. The van der Waals surface area contributed by atoms with Crippen LogP contribution in [0.1, 0.15) is 16.9 Å². The second-order valence-electron chi connectivity index (χ2n) is 8.18. The molecule has 0 unspecified atom stereocenters. The van der Waals surface area contributed by atoms with Gasteiger partial charge in [0.05, 0.1) is 5.02 Å². The van der Waals surface area contributed by atoms with Crippen LogP contribution in [0.3, 0.4) is 0 Å². The van der Waals surface area contributed by atoms with Crippen LogP contribution in [0.25, 0.3) is 40.0 Å². The monoisotopic (exact) mass is 502 g/mol. The molecule has 1 amide bonds. The standard InChI is InChI=1S/C28H20Cl2N2O3/c1-16-12-17(2)27-24(13-16)32-28(35-27)18-4-3-5-20(14-18)31-26(33)11-8-21-7-10-25(34-21)22-9-6-19(29)15-23(22)30/h3-15H,1-2H3,(H,31,33)/b11-8+. The van der Waals surface area contributed by atoms with E-state index in [1.165, 1.54) is 6.08 Å². The molecular weight excluding hydrogens is 483 g/mol. The summed E-state index contributed by atoms with van der Waals surface area (Å²) in [6.45, 7) is 4.03. The summed E-state index contributed by atoms with van der Waals surface area (Å²) < 4.78 is 11.8. The van der Waals surface area contributed by atoms with Gasteiger partial charge in [-0.05, 0) is 85.6 Å². The molecule has 5 aromatic rings. The van der Waals surface area contributed by atoms with E-state index in [0.29, 0.717) is 33.1 Å². The Morgan fingerprint density at radius 1 is 0.971 bits per heavy atom. The number of fused-ring (bicyclic) bond motifs is 1. The fourth-order valence-electron chi connectivity index (χ4n) is 3.85. The molecule has 1 N–H and O–H groups in total. The van der Waals surface area contributed by atoms with E-state index in [1.54, 1.807) is 42.5 Å². The van der Waals surface area contributed by atoms with Crippen molar-refractivity contribution in [2.75, 3.05) is 5.32 Å². The van der Waals surface area contributed by atoms with Crippen molar-refractivity contribution in [3.8, 4) is 22.8 Å². The fourth-order valence-corrected chi connectivity index (χ4v) is 4.35. The Bertz CT molecular complexity index is 1600. The molecule has 5 nitrogen and oxygen atoms in total. The number of halogens is 2. The number of carbonyl (C=O) groups is 1. The summed E-state index contributed by atoms with van der Waals surface area (Å²) in [6, 6.07) is 20.2. The minimum Gasteiger partial charge on any atom is -0.457 e. The Morgan fingerprint density at radius 2 is 1.83 bits per heavy atom. The Morgan fingerprint density at radius 3 is 2.66 bits per heavy atom. The maximum atomic E-state index is 12.5. The lowest BCUT2D eigenvalue weighted by Gasteiger charge is -2.03. The van der Waals surface area contributed by atoms with Gasteiger partial charge in [0.15, 0.2) is 5.58 Å². The predicted molar refractivity (Wildman–Crippen MR) is 141 cm³/mol. The Balaban J connectivity index is 1.30. The molecule has 2 heterocycles. The van der Waals surface area contributed by atoms with Crippen LogP contribution in [0.4, 0.5) is 5.69 Å². The number of nitrogens with zero attached hydrogens (tertiary/aromatic N) is 1. The lowest BCUT2D eigenvalue weighted by Crippen LogP contribution is -2.07. The van der Waals surface area contributed by atoms with Crippen LogP contribution in [-0.2, 0) is 4.79 Å². The number of furan rings is 1. The number of oxazole rings is 1. The number of anilines is 1. The quantitative estimate of drug-likeness (QED) is 0.245. The number of amides is 1. The van der Waals surface area contributed by atoms with Gasteiger partial charge in [0, 0.05) is 27.9 Å². The highest BCUT2D eigenvalue weighted by Crippen LogP contribution is 2.32. The van der Waals surface area contributed by atoms with Crippen molar-refractivity contribution in [3.63, 3.8) is 0 Å². The minimum atomic E-state index is -0.298. The van der Waals surface area contributed by atoms with Gasteiger partial charge >= 0.3 is 0 Å². The van der Waals surface area contributed by atoms with E-state index >= 15 is 0 Å². The van der Waals surface area contributed by atoms with Crippen LogP contribution in [-0.4, -0.2) is 10.9 Å². The highest BCUT2D eigenvalue weighted by molar-refractivity contribution is 6.36. The van der Waals surface area contributed by atoms with Gasteiger partial charge in [0.2, 0.25) is 11.8 Å². The van der Waals surface area contributed by atoms with E-state index in [9.17, 15) is 4.79 Å². The summed E-state index contributed by atoms with van der Waals surface area (Å²) in [5, 5.41) is 3.90. The number of hydrogen-bond donors (Lipinski definition) is 1. The fraction of sp³-hybridized carbons (Fsp3) is 0.0714. The molecule has 35 heavy (non-hydrogen) atoms. The molecule has 174 valence electrons. The van der Waals surface area contributed by atoms with Crippen LogP contribution in [0, 0.1) is 13.8 Å². The maximum Gasteiger partial charge on any atom is 0.248 e. The first kappa shape index (κ1) is 23.0. The number of benzene rings is 3. The number of hydrogen-bond acceptors (Lipinski definition) is 4. The number of aryl methyl sites for hydroxylation is 2. The Labute approximate surface area is 212 Å². The van der Waals surface area contributed by atoms with Gasteiger partial charge in [-0.3, -0.25) is 4.79 Å². The molecule has 0 aliphatic heterocycles. The largest absolute Gasteiger partial charge is 0.457 e. The lowest BCUT2D eigenvalue weighted by atomic mass is 10.1. The van der Waals surface area contributed by atoms with E-state index in [4.69, 9.17) is 32.0 Å². The highest BCUT2D eigenvalue weighted by atomic mass is 35.5. The number of aromatic nitrogens is 1. The third kappa shape index (κ3) is 5.02. The summed E-state index contributed by atoms with van der Waals surface area (Å²) in [7, 11) is 0. The van der Waals surface area contributed by atoms with E-state index in [1.807, 2.05) is 38.1 Å². The molecule has 3 aromatic carbocycles. The molecule has 2 aromatic heterocycles. The normalized spacial score (nSPS) is 11.4. The summed E-state index contributed by atoms with van der Waals surface area (Å²) >= 11 is 12.2. The summed E-state index contributed by atoms with van der Waals surface area (Å²) in [4.78, 5) is 17.1. The Hall–Kier alpha value is -3.80. The number of rotatable bonds is 5. The van der Waals surface area contributed by atoms with Crippen molar-refractivity contribution in [2.45, 2.75) is 13.8 Å². The average Bonchev–Trinajstić information content (AvgIpc) is 3.45. The van der Waals surface area contributed by atoms with E-state index in [0.717, 1.165) is 33.4 Å². The van der Waals surface area contributed by atoms with Gasteiger partial charge in [-0.2, -0.15) is 0 Å². The Kier molecular flexibility index (Phi) is 6.20. The SMILES string of the molecule is Cc1cc(C)c2oc(-c3cccc(NC(=O)/C=C/c4ccc(-c5ccc(Cl)cc5Cl)o4)c3)nc2c1. The van der Waals surface area contributed by atoms with Crippen molar-refractivity contribution < 1.29 is 13.6 Å². The van der Waals surface area contributed by atoms with Gasteiger partial charge in [-0.25, -0.2) is 4.98 Å². The molecule has 0 aliphatic carbocycles. The molecule has 0 fully saturated rings. The molecule has 0 radical (unpaired) electrons. The topological polar surface area (TPSA) is 68.3 Å². The summed E-state index contributed by atoms with van der Waals surface area (Å²) in [6.07, 6.45) is 3.00. The van der Waals surface area contributed by atoms with Crippen molar-refractivity contribution in [3.05, 3.63) is 99.7 Å². The molecule has 5 rings (SSSR count). The zero-order valence-electron chi connectivity index (χ0n) is 18.9. The van der Waals surface area contributed by atoms with Crippen LogP contribution in [0.2, 0.25) is 10.0 Å². The summed E-state index contributed by atoms with van der Waals surface area (Å²) in [5.74, 6) is 1.31. The smallest absolute Gasteiger partial charge is 0.248 e. The molecule has 0 atom stereocenters. The van der Waals surface area contributed by atoms with Gasteiger partial charge in [-0.1, -0.05) is 35.3 Å². The van der Waals surface area contributed by atoms with Crippen LogP contribution < -0.4 is 5.32 Å². The van der Waals surface area contributed by atoms with Gasteiger partial charge in [-0.15, -0.1) is 0 Å². The first-order valence-corrected chi connectivity index (χ1v) is 11.6. The number of nitrogens with one attached hydrogen (secondary N) is 1. The first-order valence-electron chi connectivity index (χ1n) is 10.9. The minimum absolute atomic E-state index is 0.298. The second kappa shape index (κ2) is 9.45. The van der Waals surface area contributed by atoms with Crippen LogP contribution >= 0.6 is 23.2 Å². The molecule has 0 saturated heterocycles. The van der Waals surface area contributed by atoms with Gasteiger partial charge < -0.3 is 14.2 Å². The van der Waals surface area contributed by atoms with Gasteiger partial charge in [0.1, 0.15) is 17.0 Å². The molecule has 0 aliphatic rings. The average molecular weight is 503 g/mol. The zero-order chi connectivity index (χ0) is 24.5. The summed E-state index contributed by atoms with van der Waals surface area (Å²) in [5.41, 5.74) is 5.86. The third-order valence-corrected chi connectivity index (χ3v) is 5.97. The van der Waals surface area contributed by atoms with Crippen molar-refractivity contribution in [1.29, 1.82) is 0 Å². The van der Waals surface area contributed by atoms with Crippen molar-refractivity contribution >= 4 is 52.0 Å². The van der Waals surface area contributed by atoms with Crippen molar-refractivity contribution in [2.24, 2.45) is 0 Å². The molecular formula is C28H20Cl2N2O3. The molecule has 0 saturated carbocycles. The maximum absolute atomic E-state index is 12.5. The van der Waals surface area contributed by atoms with Crippen LogP contribution in [0.15, 0.2) is 81.6 Å². The van der Waals surface area contributed by atoms with Crippen molar-refractivity contribution in [1.82, 2.24) is 4.98 Å². The van der Waals surface area contributed by atoms with Crippen LogP contribution in [0.5, 0.6) is 0 Å². The second-order valence-corrected chi connectivity index (χ2v) is 9.02. The molecule has 7 heteroatoms. The predicted octanol–water partition coefficient (Wildman–Crippen LogP) is 8.33. The molecule has 0 bridgehead atoms. The highest BCUT2D eigenvalue weighted by Gasteiger charge is 2.12. The van der Waals surface area contributed by atoms with E-state index in [2.05, 4.69) is 16.4 Å².